The second-order valence-corrected chi connectivity index (χ2v) is 8.44. The minimum atomic E-state index is -0.153. The SMILES string of the molecule is CCCc1cc(-c2nnc(SCC(=O)Nc3cc(OC)ccc3OC)n2CC)cs1. The van der Waals surface area contributed by atoms with Crippen LogP contribution in [0, 0.1) is 0 Å². The second kappa shape index (κ2) is 10.5. The third-order valence-electron chi connectivity index (χ3n) is 4.45. The normalized spacial score (nSPS) is 10.8. The molecule has 1 aromatic carbocycles. The Bertz CT molecular complexity index is 1000. The van der Waals surface area contributed by atoms with Crippen LogP contribution < -0.4 is 14.8 Å². The Morgan fingerprint density at radius 1 is 1.20 bits per heavy atom. The number of hydrogen-bond donors (Lipinski definition) is 1. The lowest BCUT2D eigenvalue weighted by Crippen LogP contribution is -2.15. The van der Waals surface area contributed by atoms with Gasteiger partial charge in [0.15, 0.2) is 11.0 Å². The number of ether oxygens (including phenoxy) is 2. The van der Waals surface area contributed by atoms with Gasteiger partial charge < -0.3 is 19.4 Å². The maximum atomic E-state index is 12.5. The molecule has 0 bridgehead atoms. The zero-order valence-corrected chi connectivity index (χ0v) is 19.2. The Kier molecular flexibility index (Phi) is 7.75. The third-order valence-corrected chi connectivity index (χ3v) is 6.42. The average Bonchev–Trinajstić information content (AvgIpc) is 3.38. The van der Waals surface area contributed by atoms with Crippen molar-refractivity contribution in [2.45, 2.75) is 38.4 Å². The van der Waals surface area contributed by atoms with Crippen LogP contribution >= 0.6 is 23.1 Å². The predicted molar refractivity (Wildman–Crippen MR) is 122 cm³/mol. The summed E-state index contributed by atoms with van der Waals surface area (Å²) in [6.45, 7) is 4.96. The molecule has 30 heavy (non-hydrogen) atoms. The Hall–Kier alpha value is -2.52. The van der Waals surface area contributed by atoms with E-state index in [0.29, 0.717) is 17.2 Å². The number of thiophene rings is 1. The number of thioether (sulfide) groups is 1. The zero-order chi connectivity index (χ0) is 21.5. The standard InChI is InChI=1S/C21H26N4O3S2/c1-5-7-16-10-14(12-29-16)20-23-24-21(25(20)6-2)30-13-19(26)22-17-11-15(27-3)8-9-18(17)28-4/h8-12H,5-7,13H2,1-4H3,(H,22,26). The minimum absolute atomic E-state index is 0.153. The summed E-state index contributed by atoms with van der Waals surface area (Å²) < 4.78 is 12.6. The first-order valence-electron chi connectivity index (χ1n) is 9.75. The van der Waals surface area contributed by atoms with E-state index >= 15 is 0 Å². The van der Waals surface area contributed by atoms with Crippen LogP contribution in [0.5, 0.6) is 11.5 Å². The number of aromatic nitrogens is 3. The summed E-state index contributed by atoms with van der Waals surface area (Å²) in [5.74, 6) is 2.12. The van der Waals surface area contributed by atoms with Crippen LogP contribution in [0.3, 0.4) is 0 Å². The number of amides is 1. The second-order valence-electron chi connectivity index (χ2n) is 6.51. The molecule has 0 spiro atoms. The van der Waals surface area contributed by atoms with Gasteiger partial charge in [-0.25, -0.2) is 0 Å². The van der Waals surface area contributed by atoms with Crippen LogP contribution in [-0.2, 0) is 17.8 Å². The third kappa shape index (κ3) is 5.14. The Balaban J connectivity index is 1.68. The summed E-state index contributed by atoms with van der Waals surface area (Å²) in [6, 6.07) is 7.46. The largest absolute Gasteiger partial charge is 0.497 e. The van der Waals surface area contributed by atoms with Crippen molar-refractivity contribution in [1.82, 2.24) is 14.8 Å². The van der Waals surface area contributed by atoms with Crippen LogP contribution in [0.25, 0.3) is 11.4 Å². The Morgan fingerprint density at radius 3 is 2.73 bits per heavy atom. The molecular formula is C21H26N4O3S2. The summed E-state index contributed by atoms with van der Waals surface area (Å²) in [7, 11) is 3.14. The van der Waals surface area contributed by atoms with Crippen molar-refractivity contribution < 1.29 is 14.3 Å². The molecule has 0 aliphatic rings. The van der Waals surface area contributed by atoms with E-state index in [1.165, 1.54) is 16.6 Å². The number of nitrogens with one attached hydrogen (secondary N) is 1. The van der Waals surface area contributed by atoms with Gasteiger partial charge in [-0.2, -0.15) is 0 Å². The fraction of sp³-hybridized carbons (Fsp3) is 0.381. The molecule has 1 N–H and O–H groups in total. The molecule has 0 saturated carbocycles. The van der Waals surface area contributed by atoms with Crippen LogP contribution in [0.2, 0.25) is 0 Å². The molecule has 9 heteroatoms. The van der Waals surface area contributed by atoms with Crippen LogP contribution in [-0.4, -0.2) is 40.6 Å². The van der Waals surface area contributed by atoms with Gasteiger partial charge in [-0.1, -0.05) is 25.1 Å². The van der Waals surface area contributed by atoms with Gasteiger partial charge in [0.1, 0.15) is 11.5 Å². The van der Waals surface area contributed by atoms with Gasteiger partial charge >= 0.3 is 0 Å². The van der Waals surface area contributed by atoms with E-state index in [0.717, 1.165) is 35.9 Å². The van der Waals surface area contributed by atoms with Crippen LogP contribution in [0.15, 0.2) is 34.8 Å². The van der Waals surface area contributed by atoms with Gasteiger partial charge in [0.25, 0.3) is 0 Å². The monoisotopic (exact) mass is 446 g/mol. The number of nitrogens with zero attached hydrogens (tertiary/aromatic N) is 3. The van der Waals surface area contributed by atoms with Crippen LogP contribution in [0.4, 0.5) is 5.69 Å². The van der Waals surface area contributed by atoms with Crippen molar-refractivity contribution in [3.63, 3.8) is 0 Å². The quantitative estimate of drug-likeness (QED) is 0.454. The highest BCUT2D eigenvalue weighted by molar-refractivity contribution is 7.99. The lowest BCUT2D eigenvalue weighted by atomic mass is 10.2. The molecule has 0 radical (unpaired) electrons. The van der Waals surface area contributed by atoms with E-state index in [1.807, 2.05) is 4.57 Å². The predicted octanol–water partition coefficient (Wildman–Crippen LogP) is 4.73. The summed E-state index contributed by atoms with van der Waals surface area (Å²) in [6.07, 6.45) is 2.19. The van der Waals surface area contributed by atoms with E-state index in [9.17, 15) is 4.79 Å². The highest BCUT2D eigenvalue weighted by Gasteiger charge is 2.16. The number of benzene rings is 1. The van der Waals surface area contributed by atoms with Crippen molar-refractivity contribution in [2.24, 2.45) is 0 Å². The number of anilines is 1. The van der Waals surface area contributed by atoms with Crippen molar-refractivity contribution in [1.29, 1.82) is 0 Å². The molecule has 0 aliphatic carbocycles. The minimum Gasteiger partial charge on any atom is -0.497 e. The summed E-state index contributed by atoms with van der Waals surface area (Å²) in [4.78, 5) is 13.9. The number of carbonyl (C=O) groups is 1. The maximum absolute atomic E-state index is 12.5. The molecular weight excluding hydrogens is 420 g/mol. The highest BCUT2D eigenvalue weighted by atomic mass is 32.2. The van der Waals surface area contributed by atoms with Gasteiger partial charge in [-0.15, -0.1) is 21.5 Å². The molecule has 3 aromatic rings. The molecule has 0 saturated heterocycles. The first kappa shape index (κ1) is 22.2. The van der Waals surface area contributed by atoms with Crippen LogP contribution in [0.1, 0.15) is 25.1 Å². The molecule has 1 amide bonds. The molecule has 7 nitrogen and oxygen atoms in total. The van der Waals surface area contributed by atoms with E-state index in [4.69, 9.17) is 9.47 Å². The van der Waals surface area contributed by atoms with Gasteiger partial charge in [0, 0.05) is 28.4 Å². The zero-order valence-electron chi connectivity index (χ0n) is 17.6. The first-order valence-corrected chi connectivity index (χ1v) is 11.6. The van der Waals surface area contributed by atoms with Crippen molar-refractivity contribution in [3.05, 3.63) is 34.5 Å². The molecule has 2 aromatic heterocycles. The Morgan fingerprint density at radius 2 is 2.03 bits per heavy atom. The Labute approximate surface area is 184 Å². The fourth-order valence-corrected chi connectivity index (χ4v) is 4.77. The van der Waals surface area contributed by atoms with Gasteiger partial charge in [0.05, 0.1) is 25.7 Å². The fourth-order valence-electron chi connectivity index (χ4n) is 3.00. The van der Waals surface area contributed by atoms with E-state index in [-0.39, 0.29) is 11.7 Å². The van der Waals surface area contributed by atoms with Gasteiger partial charge in [-0.3, -0.25) is 4.79 Å². The first-order chi connectivity index (χ1) is 14.6. The maximum Gasteiger partial charge on any atom is 0.234 e. The summed E-state index contributed by atoms with van der Waals surface area (Å²) in [5, 5.41) is 14.4. The number of aryl methyl sites for hydroxylation is 1. The molecule has 3 rings (SSSR count). The number of carbonyl (C=O) groups excluding carboxylic acids is 1. The van der Waals surface area contributed by atoms with E-state index < -0.39 is 0 Å². The number of hydrogen-bond acceptors (Lipinski definition) is 7. The molecule has 2 heterocycles. The van der Waals surface area contributed by atoms with E-state index in [2.05, 4.69) is 40.8 Å². The lowest BCUT2D eigenvalue weighted by Gasteiger charge is -2.11. The van der Waals surface area contributed by atoms with Crippen molar-refractivity contribution in [2.75, 3.05) is 25.3 Å². The molecule has 0 unspecified atom stereocenters. The smallest absolute Gasteiger partial charge is 0.234 e. The molecule has 0 fully saturated rings. The average molecular weight is 447 g/mol. The molecule has 160 valence electrons. The highest BCUT2D eigenvalue weighted by Crippen LogP contribution is 2.30. The lowest BCUT2D eigenvalue weighted by molar-refractivity contribution is -0.113. The number of methoxy groups -OCH3 is 2. The topological polar surface area (TPSA) is 78.3 Å². The summed E-state index contributed by atoms with van der Waals surface area (Å²) in [5.41, 5.74) is 1.65. The molecule has 0 aliphatic heterocycles. The van der Waals surface area contributed by atoms with Gasteiger partial charge in [-0.05, 0) is 31.5 Å². The van der Waals surface area contributed by atoms with Crippen molar-refractivity contribution in [3.8, 4) is 22.9 Å². The molecule has 0 atom stereocenters. The van der Waals surface area contributed by atoms with Gasteiger partial charge in [0.2, 0.25) is 5.91 Å². The summed E-state index contributed by atoms with van der Waals surface area (Å²) >= 11 is 3.11. The number of rotatable bonds is 10. The van der Waals surface area contributed by atoms with Crippen molar-refractivity contribution >= 4 is 34.7 Å². The van der Waals surface area contributed by atoms with E-state index in [1.54, 1.807) is 43.8 Å².